The summed E-state index contributed by atoms with van der Waals surface area (Å²) in [5.41, 5.74) is 4.61. The number of aromatic nitrogens is 6. The second-order valence-corrected chi connectivity index (χ2v) is 8.67. The Bertz CT molecular complexity index is 1460. The molecule has 0 bridgehead atoms. The summed E-state index contributed by atoms with van der Waals surface area (Å²) in [5, 5.41) is 30.1. The van der Waals surface area contributed by atoms with Gasteiger partial charge in [-0.1, -0.05) is 23.4 Å². The minimum atomic E-state index is -0.856. The molecule has 1 aliphatic rings. The van der Waals surface area contributed by atoms with Crippen molar-refractivity contribution < 1.29 is 14.6 Å². The molecule has 0 amide bonds. The van der Waals surface area contributed by atoms with Gasteiger partial charge in [-0.15, -0.1) is 5.10 Å². The normalized spacial score (nSPS) is 14.8. The molecule has 0 aliphatic carbocycles. The second-order valence-electron chi connectivity index (χ2n) is 8.67. The Balaban J connectivity index is 1.42. The minimum absolute atomic E-state index is 0.0284. The van der Waals surface area contributed by atoms with Gasteiger partial charge in [0.05, 0.1) is 60.5 Å². The molecular weight excluding hydrogens is 472 g/mol. The molecule has 1 atom stereocenters. The van der Waals surface area contributed by atoms with Crippen molar-refractivity contribution in [2.75, 3.05) is 18.5 Å². The van der Waals surface area contributed by atoms with E-state index in [9.17, 15) is 10.1 Å². The predicted octanol–water partition coefficient (Wildman–Crippen LogP) is 2.94. The maximum atomic E-state index is 10.9. The summed E-state index contributed by atoms with van der Waals surface area (Å²) >= 11 is 0. The van der Waals surface area contributed by atoms with Crippen LogP contribution in [0.4, 0.5) is 5.95 Å². The molecule has 11 heteroatoms. The molecule has 186 valence electrons. The first-order chi connectivity index (χ1) is 18.1. The monoisotopic (exact) mass is 496 g/mol. The van der Waals surface area contributed by atoms with Crippen LogP contribution in [0.5, 0.6) is 0 Å². The van der Waals surface area contributed by atoms with E-state index in [0.29, 0.717) is 60.5 Å². The van der Waals surface area contributed by atoms with Crippen molar-refractivity contribution in [1.82, 2.24) is 29.9 Å². The molecule has 1 fully saturated rings. The lowest BCUT2D eigenvalue weighted by Crippen LogP contribution is -2.20. The highest BCUT2D eigenvalue weighted by atomic mass is 16.5. The van der Waals surface area contributed by atoms with Gasteiger partial charge >= 0.3 is 5.97 Å². The van der Waals surface area contributed by atoms with Crippen LogP contribution in [0, 0.1) is 11.3 Å². The highest BCUT2D eigenvalue weighted by Gasteiger charge is 2.18. The van der Waals surface area contributed by atoms with Crippen molar-refractivity contribution in [3.63, 3.8) is 0 Å². The summed E-state index contributed by atoms with van der Waals surface area (Å²) in [4.78, 5) is 24.8. The quantitative estimate of drug-likeness (QED) is 0.354. The summed E-state index contributed by atoms with van der Waals surface area (Å²) < 4.78 is 7.13. The number of benzene rings is 1. The fourth-order valence-corrected chi connectivity index (χ4v) is 4.02. The standard InChI is InChI=1S/C26H24N8O3/c27-13-17-3-1-4-18(11-17)22-12-23(31-26(30-22)29-21-9-10-37-16-21)24-15-34(33-32-24)14-20-6-2-5-19(28-20)7-8-25(35)36/h1-6,11-12,15,21H,7-10,14,16H2,(H,35,36)(H,29,30,31)/t21-/m1/s1. The number of aryl methyl sites for hydroxylation is 1. The van der Waals surface area contributed by atoms with E-state index in [0.717, 1.165) is 17.7 Å². The maximum absolute atomic E-state index is 10.9. The molecule has 4 aromatic rings. The summed E-state index contributed by atoms with van der Waals surface area (Å²) in [6, 6.07) is 16.9. The number of nitriles is 1. The van der Waals surface area contributed by atoms with E-state index >= 15 is 0 Å². The van der Waals surface area contributed by atoms with Gasteiger partial charge in [0.15, 0.2) is 0 Å². The van der Waals surface area contributed by atoms with Gasteiger partial charge in [-0.3, -0.25) is 9.78 Å². The lowest BCUT2D eigenvalue weighted by Gasteiger charge is -2.13. The zero-order valence-corrected chi connectivity index (χ0v) is 19.9. The van der Waals surface area contributed by atoms with Crippen LogP contribution in [-0.2, 0) is 22.5 Å². The topological polar surface area (TPSA) is 152 Å². The molecule has 0 radical (unpaired) electrons. The van der Waals surface area contributed by atoms with Crippen LogP contribution < -0.4 is 5.32 Å². The Hall–Kier alpha value is -4.69. The molecule has 0 unspecified atom stereocenters. The zero-order valence-electron chi connectivity index (χ0n) is 19.9. The highest BCUT2D eigenvalue weighted by molar-refractivity contribution is 5.68. The number of hydrogen-bond donors (Lipinski definition) is 2. The fourth-order valence-electron chi connectivity index (χ4n) is 4.02. The SMILES string of the molecule is N#Cc1cccc(-c2cc(-c3cn(Cc4cccc(CCC(=O)O)n4)nn3)nc(N[C@@H]3CCOC3)n2)c1. The second kappa shape index (κ2) is 10.9. The van der Waals surface area contributed by atoms with Crippen LogP contribution in [-0.4, -0.2) is 60.3 Å². The lowest BCUT2D eigenvalue weighted by atomic mass is 10.1. The van der Waals surface area contributed by atoms with E-state index in [4.69, 9.17) is 9.84 Å². The third kappa shape index (κ3) is 6.12. The number of carboxylic acid groups (broad SMARTS) is 1. The number of rotatable bonds is 9. The number of carboxylic acids is 1. The summed E-state index contributed by atoms with van der Waals surface area (Å²) in [7, 11) is 0. The number of carbonyl (C=O) groups is 1. The van der Waals surface area contributed by atoms with Gasteiger partial charge in [-0.25, -0.2) is 14.6 Å². The molecule has 0 spiro atoms. The molecule has 1 aromatic carbocycles. The molecular formula is C26H24N8O3. The molecule has 5 rings (SSSR count). The van der Waals surface area contributed by atoms with Crippen LogP contribution in [0.1, 0.15) is 29.8 Å². The molecule has 11 nitrogen and oxygen atoms in total. The fraction of sp³-hybridized carbons (Fsp3) is 0.269. The van der Waals surface area contributed by atoms with Gasteiger partial charge in [-0.2, -0.15) is 5.26 Å². The first-order valence-electron chi connectivity index (χ1n) is 11.9. The number of pyridine rings is 1. The number of aliphatic carboxylic acids is 1. The van der Waals surface area contributed by atoms with Gasteiger partial charge in [0.25, 0.3) is 0 Å². The van der Waals surface area contributed by atoms with Crippen molar-refractivity contribution in [3.05, 3.63) is 71.7 Å². The van der Waals surface area contributed by atoms with Crippen LogP contribution in [0.3, 0.4) is 0 Å². The molecule has 37 heavy (non-hydrogen) atoms. The van der Waals surface area contributed by atoms with E-state index < -0.39 is 5.97 Å². The lowest BCUT2D eigenvalue weighted by molar-refractivity contribution is -0.136. The van der Waals surface area contributed by atoms with Gasteiger partial charge < -0.3 is 15.2 Å². The Morgan fingerprint density at radius 3 is 2.76 bits per heavy atom. The molecule has 0 saturated carbocycles. The van der Waals surface area contributed by atoms with Crippen molar-refractivity contribution in [2.24, 2.45) is 0 Å². The van der Waals surface area contributed by atoms with Crippen molar-refractivity contribution in [3.8, 4) is 28.7 Å². The van der Waals surface area contributed by atoms with E-state index in [1.165, 1.54) is 0 Å². The van der Waals surface area contributed by atoms with Gasteiger partial charge in [0.2, 0.25) is 5.95 Å². The van der Waals surface area contributed by atoms with Gasteiger partial charge in [-0.05, 0) is 36.8 Å². The Morgan fingerprint density at radius 2 is 1.95 bits per heavy atom. The molecule has 3 aromatic heterocycles. The minimum Gasteiger partial charge on any atom is -0.481 e. The predicted molar refractivity (Wildman–Crippen MR) is 133 cm³/mol. The van der Waals surface area contributed by atoms with Crippen LogP contribution in [0.25, 0.3) is 22.6 Å². The molecule has 2 N–H and O–H groups in total. The van der Waals surface area contributed by atoms with Crippen LogP contribution >= 0.6 is 0 Å². The largest absolute Gasteiger partial charge is 0.481 e. The van der Waals surface area contributed by atoms with Crippen molar-refractivity contribution in [1.29, 1.82) is 5.26 Å². The van der Waals surface area contributed by atoms with Gasteiger partial charge in [0.1, 0.15) is 5.69 Å². The molecule has 1 aliphatic heterocycles. The average Bonchev–Trinajstić information content (AvgIpc) is 3.60. The first-order valence-corrected chi connectivity index (χ1v) is 11.9. The molecule has 1 saturated heterocycles. The maximum Gasteiger partial charge on any atom is 0.303 e. The molecule has 4 heterocycles. The van der Waals surface area contributed by atoms with E-state index in [2.05, 4.69) is 36.7 Å². The van der Waals surface area contributed by atoms with E-state index in [1.807, 2.05) is 36.4 Å². The average molecular weight is 497 g/mol. The Labute approximate surface area is 212 Å². The summed E-state index contributed by atoms with van der Waals surface area (Å²) in [6.45, 7) is 1.65. The number of anilines is 1. The Kier molecular flexibility index (Phi) is 7.09. The van der Waals surface area contributed by atoms with Crippen molar-refractivity contribution >= 4 is 11.9 Å². The van der Waals surface area contributed by atoms with Crippen LogP contribution in [0.2, 0.25) is 0 Å². The summed E-state index contributed by atoms with van der Waals surface area (Å²) in [5.74, 6) is -0.404. The number of nitrogens with zero attached hydrogens (tertiary/aromatic N) is 7. The Morgan fingerprint density at radius 1 is 1.11 bits per heavy atom. The number of ether oxygens (including phenoxy) is 1. The number of hydrogen-bond acceptors (Lipinski definition) is 9. The first kappa shape index (κ1) is 24.0. The zero-order chi connectivity index (χ0) is 25.6. The highest BCUT2D eigenvalue weighted by Crippen LogP contribution is 2.25. The third-order valence-electron chi connectivity index (χ3n) is 5.86. The van der Waals surface area contributed by atoms with Crippen LogP contribution in [0.15, 0.2) is 54.7 Å². The summed E-state index contributed by atoms with van der Waals surface area (Å²) in [6.07, 6.45) is 3.04. The third-order valence-corrected chi connectivity index (χ3v) is 5.86. The van der Waals surface area contributed by atoms with E-state index in [-0.39, 0.29) is 12.5 Å². The van der Waals surface area contributed by atoms with E-state index in [1.54, 1.807) is 23.0 Å². The van der Waals surface area contributed by atoms with Crippen molar-refractivity contribution in [2.45, 2.75) is 31.8 Å². The number of nitrogens with one attached hydrogen (secondary N) is 1. The smallest absolute Gasteiger partial charge is 0.303 e. The van der Waals surface area contributed by atoms with Gasteiger partial charge in [0, 0.05) is 24.3 Å².